The van der Waals surface area contributed by atoms with E-state index < -0.39 is 17.8 Å². The third kappa shape index (κ3) is 3.90. The van der Waals surface area contributed by atoms with Gasteiger partial charge in [0.05, 0.1) is 5.56 Å². The molecular formula is C14H16BrF3N2O. The monoisotopic (exact) mass is 364 g/mol. The predicted octanol–water partition coefficient (Wildman–Crippen LogP) is 3.89. The van der Waals surface area contributed by atoms with Gasteiger partial charge >= 0.3 is 6.18 Å². The molecule has 21 heavy (non-hydrogen) atoms. The van der Waals surface area contributed by atoms with Gasteiger partial charge in [0.2, 0.25) is 5.91 Å². The molecule has 7 heteroatoms. The van der Waals surface area contributed by atoms with E-state index in [9.17, 15) is 18.0 Å². The second-order valence-electron chi connectivity index (χ2n) is 5.09. The molecule has 116 valence electrons. The molecule has 0 radical (unpaired) electrons. The summed E-state index contributed by atoms with van der Waals surface area (Å²) in [6, 6.07) is 3.17. The fourth-order valence-corrected chi connectivity index (χ4v) is 2.74. The number of hydrogen-bond donors (Lipinski definition) is 1. The molecule has 1 aromatic rings. The Kier molecular flexibility index (Phi) is 4.81. The minimum atomic E-state index is -4.47. The van der Waals surface area contributed by atoms with Crippen LogP contribution in [0, 0.1) is 0 Å². The Balaban J connectivity index is 2.17. The van der Waals surface area contributed by atoms with Crippen LogP contribution in [0.15, 0.2) is 22.7 Å². The summed E-state index contributed by atoms with van der Waals surface area (Å²) in [7, 11) is 0. The van der Waals surface area contributed by atoms with E-state index in [4.69, 9.17) is 0 Å². The molecule has 0 bridgehead atoms. The molecule has 0 aliphatic carbocycles. The summed E-state index contributed by atoms with van der Waals surface area (Å²) in [5.74, 6) is -0.163. The maximum atomic E-state index is 13.0. The Morgan fingerprint density at radius 1 is 1.33 bits per heavy atom. The molecule has 1 N–H and O–H groups in total. The van der Waals surface area contributed by atoms with Crippen LogP contribution in [-0.2, 0) is 11.0 Å². The van der Waals surface area contributed by atoms with Gasteiger partial charge in [0, 0.05) is 23.2 Å². The van der Waals surface area contributed by atoms with Gasteiger partial charge in [-0.1, -0.05) is 15.9 Å². The van der Waals surface area contributed by atoms with Crippen molar-refractivity contribution in [2.24, 2.45) is 0 Å². The highest BCUT2D eigenvalue weighted by molar-refractivity contribution is 9.10. The van der Waals surface area contributed by atoms with Crippen molar-refractivity contribution in [3.63, 3.8) is 0 Å². The molecule has 2 rings (SSSR count). The highest BCUT2D eigenvalue weighted by Crippen LogP contribution is 2.36. The Hall–Kier alpha value is -1.24. The molecule has 1 aliphatic heterocycles. The van der Waals surface area contributed by atoms with Gasteiger partial charge in [-0.05, 0) is 38.0 Å². The number of alkyl halides is 3. The molecule has 1 saturated heterocycles. The predicted molar refractivity (Wildman–Crippen MR) is 78.0 cm³/mol. The minimum Gasteiger partial charge on any atom is -0.373 e. The molecule has 1 unspecified atom stereocenters. The topological polar surface area (TPSA) is 32.3 Å². The van der Waals surface area contributed by atoms with Crippen molar-refractivity contribution >= 4 is 27.5 Å². The van der Waals surface area contributed by atoms with Crippen molar-refractivity contribution in [1.82, 2.24) is 4.90 Å². The molecule has 0 aromatic heterocycles. The first-order valence-electron chi connectivity index (χ1n) is 6.71. The molecule has 1 amide bonds. The van der Waals surface area contributed by atoms with Crippen molar-refractivity contribution in [1.29, 1.82) is 0 Å². The lowest BCUT2D eigenvalue weighted by molar-refractivity contribution is -0.137. The SMILES string of the molecule is CC(Nc1ccc(Br)cc1C(F)(F)F)C(=O)N1CCCC1. The summed E-state index contributed by atoms with van der Waals surface area (Å²) in [5.41, 5.74) is -0.858. The van der Waals surface area contributed by atoms with Crippen molar-refractivity contribution in [3.8, 4) is 0 Å². The zero-order chi connectivity index (χ0) is 15.6. The van der Waals surface area contributed by atoms with Crippen LogP contribution in [0.1, 0.15) is 25.3 Å². The number of carbonyl (C=O) groups is 1. The summed E-state index contributed by atoms with van der Waals surface area (Å²) in [4.78, 5) is 13.8. The quantitative estimate of drug-likeness (QED) is 0.882. The average molecular weight is 365 g/mol. The lowest BCUT2D eigenvalue weighted by Gasteiger charge is -2.23. The van der Waals surface area contributed by atoms with E-state index in [0.29, 0.717) is 17.6 Å². The normalized spacial score (nSPS) is 16.9. The first kappa shape index (κ1) is 16.1. The van der Waals surface area contributed by atoms with Gasteiger partial charge in [0.15, 0.2) is 0 Å². The number of anilines is 1. The third-order valence-electron chi connectivity index (χ3n) is 3.45. The van der Waals surface area contributed by atoms with Crippen molar-refractivity contribution in [3.05, 3.63) is 28.2 Å². The fraction of sp³-hybridized carbons (Fsp3) is 0.500. The van der Waals surface area contributed by atoms with Crippen molar-refractivity contribution in [2.75, 3.05) is 18.4 Å². The summed E-state index contributed by atoms with van der Waals surface area (Å²) < 4.78 is 39.4. The molecule has 1 atom stereocenters. The molecule has 0 saturated carbocycles. The number of carbonyl (C=O) groups excluding carboxylic acids is 1. The van der Waals surface area contributed by atoms with E-state index in [1.165, 1.54) is 12.1 Å². The van der Waals surface area contributed by atoms with Gasteiger partial charge in [-0.2, -0.15) is 13.2 Å². The third-order valence-corrected chi connectivity index (χ3v) is 3.94. The fourth-order valence-electron chi connectivity index (χ4n) is 2.38. The summed E-state index contributed by atoms with van der Waals surface area (Å²) >= 11 is 3.03. The molecule has 3 nitrogen and oxygen atoms in total. The molecule has 1 aliphatic rings. The number of rotatable bonds is 3. The Labute approximate surface area is 129 Å². The second-order valence-corrected chi connectivity index (χ2v) is 6.00. The first-order valence-corrected chi connectivity index (χ1v) is 7.50. The highest BCUT2D eigenvalue weighted by atomic mass is 79.9. The summed E-state index contributed by atoms with van der Waals surface area (Å²) in [5, 5.41) is 2.69. The minimum absolute atomic E-state index is 0.0780. The van der Waals surface area contributed by atoms with Gasteiger partial charge in [-0.25, -0.2) is 0 Å². The van der Waals surface area contributed by atoms with Crippen LogP contribution in [0.4, 0.5) is 18.9 Å². The van der Waals surface area contributed by atoms with E-state index in [0.717, 1.165) is 18.9 Å². The zero-order valence-electron chi connectivity index (χ0n) is 11.5. The number of nitrogens with zero attached hydrogens (tertiary/aromatic N) is 1. The number of likely N-dealkylation sites (tertiary alicyclic amines) is 1. The summed E-state index contributed by atoms with van der Waals surface area (Å²) in [6.45, 7) is 2.94. The van der Waals surface area contributed by atoms with E-state index in [1.807, 2.05) is 0 Å². The number of halogens is 4. The smallest absolute Gasteiger partial charge is 0.373 e. The largest absolute Gasteiger partial charge is 0.418 e. The Morgan fingerprint density at radius 2 is 1.95 bits per heavy atom. The lowest BCUT2D eigenvalue weighted by Crippen LogP contribution is -2.40. The molecular weight excluding hydrogens is 349 g/mol. The van der Waals surface area contributed by atoms with Crippen LogP contribution in [0.3, 0.4) is 0 Å². The number of amides is 1. The number of nitrogens with one attached hydrogen (secondary N) is 1. The van der Waals surface area contributed by atoms with E-state index in [1.54, 1.807) is 11.8 Å². The van der Waals surface area contributed by atoms with Gasteiger partial charge < -0.3 is 10.2 Å². The molecule has 1 heterocycles. The van der Waals surface area contributed by atoms with E-state index in [-0.39, 0.29) is 11.6 Å². The second kappa shape index (κ2) is 6.25. The summed E-state index contributed by atoms with van der Waals surface area (Å²) in [6.07, 6.45) is -2.57. The molecule has 1 fully saturated rings. The lowest BCUT2D eigenvalue weighted by atomic mass is 10.1. The number of benzene rings is 1. The standard InChI is InChI=1S/C14H16BrF3N2O/c1-9(13(21)20-6-2-3-7-20)19-12-5-4-10(15)8-11(12)14(16,17)18/h4-5,8-9,19H,2-3,6-7H2,1H3. The van der Waals surface area contributed by atoms with Crippen LogP contribution in [-0.4, -0.2) is 29.9 Å². The highest BCUT2D eigenvalue weighted by Gasteiger charge is 2.34. The van der Waals surface area contributed by atoms with Crippen LogP contribution in [0.5, 0.6) is 0 Å². The maximum absolute atomic E-state index is 13.0. The Bertz CT molecular complexity index is 527. The molecule has 0 spiro atoms. The maximum Gasteiger partial charge on any atom is 0.418 e. The van der Waals surface area contributed by atoms with E-state index in [2.05, 4.69) is 21.2 Å². The van der Waals surface area contributed by atoms with E-state index >= 15 is 0 Å². The van der Waals surface area contributed by atoms with Crippen LogP contribution in [0.25, 0.3) is 0 Å². The van der Waals surface area contributed by atoms with Gasteiger partial charge in [0.25, 0.3) is 0 Å². The molecule has 1 aromatic carbocycles. The van der Waals surface area contributed by atoms with Crippen molar-refractivity contribution in [2.45, 2.75) is 32.0 Å². The Morgan fingerprint density at radius 3 is 2.52 bits per heavy atom. The van der Waals surface area contributed by atoms with Gasteiger partial charge in [0.1, 0.15) is 6.04 Å². The average Bonchev–Trinajstić information content (AvgIpc) is 2.92. The van der Waals surface area contributed by atoms with Gasteiger partial charge in [-0.3, -0.25) is 4.79 Å². The van der Waals surface area contributed by atoms with Crippen LogP contribution >= 0.6 is 15.9 Å². The zero-order valence-corrected chi connectivity index (χ0v) is 13.1. The van der Waals surface area contributed by atoms with Gasteiger partial charge in [-0.15, -0.1) is 0 Å². The van der Waals surface area contributed by atoms with Crippen LogP contribution in [0.2, 0.25) is 0 Å². The van der Waals surface area contributed by atoms with Crippen LogP contribution < -0.4 is 5.32 Å². The van der Waals surface area contributed by atoms with Crippen molar-refractivity contribution < 1.29 is 18.0 Å². The number of hydrogen-bond acceptors (Lipinski definition) is 2. The first-order chi connectivity index (χ1) is 9.79.